The Labute approximate surface area is 219 Å². The number of hydrogen-bond acceptors (Lipinski definition) is 6. The lowest BCUT2D eigenvalue weighted by atomic mass is 10.0. The number of hydrogen-bond donors (Lipinski definition) is 1. The van der Waals surface area contributed by atoms with Crippen molar-refractivity contribution in [2.75, 3.05) is 52.5 Å². The largest absolute Gasteiger partial charge is 0.494 e. The third-order valence-corrected chi connectivity index (χ3v) is 6.98. The fourth-order valence-electron chi connectivity index (χ4n) is 4.96. The van der Waals surface area contributed by atoms with E-state index in [-0.39, 0.29) is 25.0 Å². The molecule has 200 valence electrons. The van der Waals surface area contributed by atoms with Crippen molar-refractivity contribution < 1.29 is 24.2 Å². The lowest BCUT2D eigenvalue weighted by molar-refractivity contribution is -0.133. The number of aliphatic hydroxyl groups is 1. The second kappa shape index (κ2) is 12.9. The number of nitrogens with zero attached hydrogens (tertiary/aromatic N) is 3. The second-order valence-electron chi connectivity index (χ2n) is 10.2. The molecule has 2 saturated heterocycles. The quantitative estimate of drug-likeness (QED) is 0.496. The molecule has 8 heteroatoms. The van der Waals surface area contributed by atoms with Crippen molar-refractivity contribution in [2.45, 2.75) is 44.8 Å². The van der Waals surface area contributed by atoms with Gasteiger partial charge < -0.3 is 24.4 Å². The summed E-state index contributed by atoms with van der Waals surface area (Å²) in [5, 5.41) is 11.5. The summed E-state index contributed by atoms with van der Waals surface area (Å²) in [6, 6.07) is 17.4. The van der Waals surface area contributed by atoms with Crippen molar-refractivity contribution in [1.82, 2.24) is 14.7 Å². The highest BCUT2D eigenvalue weighted by Crippen LogP contribution is 2.21. The van der Waals surface area contributed by atoms with E-state index in [0.29, 0.717) is 45.0 Å². The van der Waals surface area contributed by atoms with Crippen molar-refractivity contribution in [2.24, 2.45) is 0 Å². The van der Waals surface area contributed by atoms with Crippen LogP contribution in [0.5, 0.6) is 11.5 Å². The van der Waals surface area contributed by atoms with Crippen LogP contribution in [0.15, 0.2) is 54.6 Å². The molecule has 2 aromatic rings. The summed E-state index contributed by atoms with van der Waals surface area (Å²) in [6.07, 6.45) is 3.59. The molecule has 0 unspecified atom stereocenters. The fourth-order valence-corrected chi connectivity index (χ4v) is 4.96. The van der Waals surface area contributed by atoms with Crippen LogP contribution in [0, 0.1) is 0 Å². The lowest BCUT2D eigenvalue weighted by Crippen LogP contribution is -2.51. The molecule has 2 aromatic carbocycles. The van der Waals surface area contributed by atoms with Gasteiger partial charge in [0.25, 0.3) is 0 Å². The van der Waals surface area contributed by atoms with Crippen LogP contribution in [0.1, 0.15) is 38.2 Å². The van der Waals surface area contributed by atoms with Gasteiger partial charge in [-0.3, -0.25) is 14.5 Å². The Balaban J connectivity index is 1.29. The molecular weight excluding hydrogens is 470 g/mol. The minimum Gasteiger partial charge on any atom is -0.494 e. The SMILES string of the molecule is CC(=O)N1CCN(Cc2ccc(OCCCN3CCCCC3=O)cc2)C[C@](O)(COc2ccccc2)C1. The summed E-state index contributed by atoms with van der Waals surface area (Å²) < 4.78 is 11.8. The number of likely N-dealkylation sites (tertiary alicyclic amines) is 1. The van der Waals surface area contributed by atoms with Crippen molar-refractivity contribution in [3.63, 3.8) is 0 Å². The minimum absolute atomic E-state index is 0.0499. The summed E-state index contributed by atoms with van der Waals surface area (Å²) in [5.41, 5.74) is -0.0783. The van der Waals surface area contributed by atoms with E-state index < -0.39 is 5.60 Å². The van der Waals surface area contributed by atoms with E-state index in [2.05, 4.69) is 4.90 Å². The number of ether oxygens (including phenoxy) is 2. The highest BCUT2D eigenvalue weighted by Gasteiger charge is 2.36. The molecule has 2 heterocycles. The van der Waals surface area contributed by atoms with Gasteiger partial charge in [-0.2, -0.15) is 0 Å². The van der Waals surface area contributed by atoms with Gasteiger partial charge in [0.15, 0.2) is 0 Å². The molecule has 0 saturated carbocycles. The summed E-state index contributed by atoms with van der Waals surface area (Å²) in [7, 11) is 0. The molecule has 0 radical (unpaired) electrons. The number of β-amino-alcohol motifs (C(OH)–C–C–N with tert-alkyl or cyclic N) is 1. The zero-order valence-corrected chi connectivity index (χ0v) is 21.8. The van der Waals surface area contributed by atoms with Crippen LogP contribution in [0.3, 0.4) is 0 Å². The van der Waals surface area contributed by atoms with E-state index >= 15 is 0 Å². The maximum absolute atomic E-state index is 12.2. The van der Waals surface area contributed by atoms with Gasteiger partial charge in [0.2, 0.25) is 11.8 Å². The van der Waals surface area contributed by atoms with Gasteiger partial charge in [0.1, 0.15) is 23.7 Å². The molecule has 37 heavy (non-hydrogen) atoms. The number of para-hydroxylation sites is 1. The molecule has 0 aromatic heterocycles. The number of amides is 2. The maximum Gasteiger partial charge on any atom is 0.222 e. The predicted octanol–water partition coefficient (Wildman–Crippen LogP) is 2.94. The fraction of sp³-hybridized carbons (Fsp3) is 0.517. The molecule has 2 aliphatic rings. The van der Waals surface area contributed by atoms with E-state index in [9.17, 15) is 14.7 Å². The van der Waals surface area contributed by atoms with Gasteiger partial charge >= 0.3 is 0 Å². The molecule has 0 spiro atoms. The van der Waals surface area contributed by atoms with Crippen LogP contribution in [0.25, 0.3) is 0 Å². The third-order valence-electron chi connectivity index (χ3n) is 6.98. The van der Waals surface area contributed by atoms with Gasteiger partial charge in [-0.15, -0.1) is 0 Å². The van der Waals surface area contributed by atoms with Crippen LogP contribution < -0.4 is 9.47 Å². The summed E-state index contributed by atoms with van der Waals surface area (Å²) in [6.45, 7) is 6.34. The van der Waals surface area contributed by atoms with Crippen molar-refractivity contribution in [3.8, 4) is 11.5 Å². The molecule has 2 amide bonds. The predicted molar refractivity (Wildman–Crippen MR) is 141 cm³/mol. The summed E-state index contributed by atoms with van der Waals surface area (Å²) in [5.74, 6) is 1.71. The zero-order valence-electron chi connectivity index (χ0n) is 21.8. The number of benzene rings is 2. The molecule has 8 nitrogen and oxygen atoms in total. The first kappa shape index (κ1) is 26.9. The lowest BCUT2D eigenvalue weighted by Gasteiger charge is -2.32. The molecular formula is C29H39N3O5. The van der Waals surface area contributed by atoms with Gasteiger partial charge in [-0.05, 0) is 49.1 Å². The second-order valence-corrected chi connectivity index (χ2v) is 10.2. The van der Waals surface area contributed by atoms with E-state index in [0.717, 1.165) is 43.7 Å². The zero-order chi connectivity index (χ0) is 26.1. The van der Waals surface area contributed by atoms with Crippen LogP contribution in [0.2, 0.25) is 0 Å². The van der Waals surface area contributed by atoms with Crippen LogP contribution >= 0.6 is 0 Å². The Hall–Kier alpha value is -3.10. The van der Waals surface area contributed by atoms with E-state index in [1.807, 2.05) is 59.5 Å². The van der Waals surface area contributed by atoms with Crippen LogP contribution in [0.4, 0.5) is 0 Å². The van der Waals surface area contributed by atoms with Gasteiger partial charge in [0.05, 0.1) is 13.2 Å². The third kappa shape index (κ3) is 8.20. The molecule has 2 aliphatic heterocycles. The first-order valence-electron chi connectivity index (χ1n) is 13.3. The Kier molecular flexibility index (Phi) is 9.41. The van der Waals surface area contributed by atoms with Crippen molar-refractivity contribution >= 4 is 11.8 Å². The average Bonchev–Trinajstić information content (AvgIpc) is 3.07. The molecule has 2 fully saturated rings. The molecule has 1 atom stereocenters. The highest BCUT2D eigenvalue weighted by molar-refractivity contribution is 5.76. The summed E-state index contributed by atoms with van der Waals surface area (Å²) in [4.78, 5) is 29.9. The topological polar surface area (TPSA) is 82.6 Å². The van der Waals surface area contributed by atoms with Gasteiger partial charge in [-0.1, -0.05) is 30.3 Å². The Morgan fingerprint density at radius 1 is 0.946 bits per heavy atom. The van der Waals surface area contributed by atoms with Gasteiger partial charge in [-0.25, -0.2) is 0 Å². The van der Waals surface area contributed by atoms with E-state index in [4.69, 9.17) is 9.47 Å². The number of rotatable bonds is 10. The van der Waals surface area contributed by atoms with Crippen LogP contribution in [-0.4, -0.2) is 89.7 Å². The monoisotopic (exact) mass is 509 g/mol. The first-order valence-corrected chi connectivity index (χ1v) is 13.3. The van der Waals surface area contributed by atoms with Crippen molar-refractivity contribution in [1.29, 1.82) is 0 Å². The molecule has 4 rings (SSSR count). The van der Waals surface area contributed by atoms with Crippen LogP contribution in [-0.2, 0) is 16.1 Å². The van der Waals surface area contributed by atoms with E-state index in [1.165, 1.54) is 6.92 Å². The normalized spacial score (nSPS) is 21.0. The highest BCUT2D eigenvalue weighted by atomic mass is 16.5. The van der Waals surface area contributed by atoms with Crippen molar-refractivity contribution in [3.05, 3.63) is 60.2 Å². The Bertz CT molecular complexity index is 1020. The number of carbonyl (C=O) groups excluding carboxylic acids is 2. The Morgan fingerprint density at radius 2 is 1.70 bits per heavy atom. The molecule has 0 bridgehead atoms. The number of carbonyl (C=O) groups is 2. The van der Waals surface area contributed by atoms with Gasteiger partial charge in [0, 0.05) is 52.6 Å². The Morgan fingerprint density at radius 3 is 2.43 bits per heavy atom. The summed E-state index contributed by atoms with van der Waals surface area (Å²) >= 11 is 0. The molecule has 0 aliphatic carbocycles. The van der Waals surface area contributed by atoms with E-state index in [1.54, 1.807) is 4.90 Å². The smallest absolute Gasteiger partial charge is 0.222 e. The first-order chi connectivity index (χ1) is 17.9. The maximum atomic E-state index is 12.2. The molecule has 1 N–H and O–H groups in total. The minimum atomic E-state index is -1.18. The average molecular weight is 510 g/mol. The standard InChI is InChI=1S/C29H39N3O5/c1-24(33)32-18-17-30(21-29(35,22-32)23-37-26-8-3-2-4-9-26)20-25-11-13-27(14-12-25)36-19-7-16-31-15-6-5-10-28(31)34/h2-4,8-9,11-14,35H,5-7,10,15-23H2,1H3/t29-/m1/s1. The number of piperidine rings is 1.